The van der Waals surface area contributed by atoms with Crippen LogP contribution in [0.1, 0.15) is 15.9 Å². The maximum absolute atomic E-state index is 12.2. The molecule has 0 saturated heterocycles. The van der Waals surface area contributed by atoms with Crippen LogP contribution in [0.5, 0.6) is 5.75 Å². The molecule has 0 unspecified atom stereocenters. The van der Waals surface area contributed by atoms with Gasteiger partial charge in [-0.15, -0.1) is 0 Å². The summed E-state index contributed by atoms with van der Waals surface area (Å²) >= 11 is 0. The number of allylic oxidation sites excluding steroid dienone is 1. The third-order valence-electron chi connectivity index (χ3n) is 2.74. The lowest BCUT2D eigenvalue weighted by molar-refractivity contribution is 0.104. The van der Waals surface area contributed by atoms with E-state index in [0.29, 0.717) is 11.3 Å². The number of benzene rings is 2. The number of nitrogens with zero attached hydrogens (tertiary/aromatic N) is 1. The van der Waals surface area contributed by atoms with Crippen LogP contribution in [0.3, 0.4) is 0 Å². The van der Waals surface area contributed by atoms with Crippen LogP contribution in [0, 0.1) is 11.3 Å². The first kappa shape index (κ1) is 13.4. The van der Waals surface area contributed by atoms with Crippen molar-refractivity contribution in [3.8, 4) is 11.8 Å². The molecule has 0 bridgehead atoms. The molecule has 0 spiro atoms. The zero-order valence-corrected chi connectivity index (χ0v) is 10.6. The number of aromatic hydroxyl groups is 1. The Balaban J connectivity index is 2.32. The maximum atomic E-state index is 12.2. The third-order valence-corrected chi connectivity index (χ3v) is 2.74. The number of nitriles is 1. The number of carbonyl (C=O) groups is 1. The van der Waals surface area contributed by atoms with Crippen molar-refractivity contribution in [1.29, 1.82) is 5.26 Å². The first-order valence-electron chi connectivity index (χ1n) is 5.91. The van der Waals surface area contributed by atoms with Crippen molar-refractivity contribution in [1.82, 2.24) is 0 Å². The predicted molar refractivity (Wildman–Crippen MR) is 76.9 cm³/mol. The molecule has 3 N–H and O–H groups in total. The normalized spacial score (nSPS) is 10.8. The van der Waals surface area contributed by atoms with E-state index in [1.807, 2.05) is 6.07 Å². The van der Waals surface area contributed by atoms with Crippen LogP contribution in [0.15, 0.2) is 54.1 Å². The number of Topliss-reactive ketones (excluding diaryl/α,β-unsaturated/α-hetero) is 1. The van der Waals surface area contributed by atoms with Gasteiger partial charge < -0.3 is 10.8 Å². The molecule has 0 atom stereocenters. The van der Waals surface area contributed by atoms with Crippen molar-refractivity contribution < 1.29 is 9.90 Å². The van der Waals surface area contributed by atoms with E-state index in [9.17, 15) is 9.90 Å². The van der Waals surface area contributed by atoms with E-state index in [1.54, 1.807) is 24.3 Å². The number of anilines is 1. The number of ketones is 1. The molecule has 0 aromatic heterocycles. The molecule has 0 saturated carbocycles. The minimum Gasteiger partial charge on any atom is -0.508 e. The molecule has 4 heteroatoms. The van der Waals surface area contributed by atoms with Crippen LogP contribution in [-0.2, 0) is 0 Å². The highest BCUT2D eigenvalue weighted by Gasteiger charge is 2.11. The molecule has 0 aliphatic heterocycles. The third kappa shape index (κ3) is 3.03. The molecule has 0 aliphatic carbocycles. The van der Waals surface area contributed by atoms with Gasteiger partial charge in [0.15, 0.2) is 0 Å². The van der Waals surface area contributed by atoms with E-state index in [4.69, 9.17) is 11.0 Å². The lowest BCUT2D eigenvalue weighted by atomic mass is 10.0. The van der Waals surface area contributed by atoms with E-state index in [2.05, 4.69) is 0 Å². The lowest BCUT2D eigenvalue weighted by Crippen LogP contribution is -2.01. The fourth-order valence-electron chi connectivity index (χ4n) is 1.68. The highest BCUT2D eigenvalue weighted by Crippen LogP contribution is 2.16. The summed E-state index contributed by atoms with van der Waals surface area (Å²) in [5.74, 6) is -0.313. The number of carbonyl (C=O) groups excluding carboxylic acids is 1. The predicted octanol–water partition coefficient (Wildman–Crippen LogP) is 2.76. The largest absolute Gasteiger partial charge is 0.508 e. The van der Waals surface area contributed by atoms with E-state index in [0.717, 1.165) is 5.56 Å². The molecule has 2 aromatic rings. The maximum Gasteiger partial charge on any atom is 0.203 e. The van der Waals surface area contributed by atoms with Gasteiger partial charge in [-0.25, -0.2) is 0 Å². The number of hydrogen-bond donors (Lipinski definition) is 2. The van der Waals surface area contributed by atoms with Crippen molar-refractivity contribution in [2.75, 3.05) is 5.73 Å². The molecule has 2 rings (SSSR count). The fraction of sp³-hybridized carbons (Fsp3) is 0. The van der Waals surface area contributed by atoms with Gasteiger partial charge in [0, 0.05) is 11.3 Å². The van der Waals surface area contributed by atoms with Gasteiger partial charge in [0.05, 0.1) is 0 Å². The Morgan fingerprint density at radius 3 is 2.25 bits per heavy atom. The van der Waals surface area contributed by atoms with Gasteiger partial charge >= 0.3 is 0 Å². The highest BCUT2D eigenvalue weighted by atomic mass is 16.3. The van der Waals surface area contributed by atoms with Crippen LogP contribution < -0.4 is 5.73 Å². The second-order valence-electron chi connectivity index (χ2n) is 4.21. The molecular weight excluding hydrogens is 252 g/mol. The number of phenolic OH excluding ortho intramolecular Hbond substituents is 1. The molecular formula is C16H12N2O2. The molecule has 98 valence electrons. The Bertz CT molecular complexity index is 693. The van der Waals surface area contributed by atoms with E-state index in [-0.39, 0.29) is 17.1 Å². The van der Waals surface area contributed by atoms with Gasteiger partial charge in [-0.1, -0.05) is 12.1 Å². The Labute approximate surface area is 116 Å². The van der Waals surface area contributed by atoms with Crippen molar-refractivity contribution >= 4 is 17.5 Å². The minimum absolute atomic E-state index is 0.0282. The molecule has 2 aromatic carbocycles. The number of hydrogen-bond acceptors (Lipinski definition) is 4. The average Bonchev–Trinajstić information content (AvgIpc) is 2.47. The second kappa shape index (κ2) is 5.72. The van der Waals surface area contributed by atoms with E-state index < -0.39 is 0 Å². The second-order valence-corrected chi connectivity index (χ2v) is 4.21. The first-order valence-corrected chi connectivity index (χ1v) is 5.91. The average molecular weight is 264 g/mol. The summed E-state index contributed by atoms with van der Waals surface area (Å²) in [4.78, 5) is 12.2. The van der Waals surface area contributed by atoms with Gasteiger partial charge in [0.1, 0.15) is 17.4 Å². The van der Waals surface area contributed by atoms with Crippen LogP contribution in [0.25, 0.3) is 6.08 Å². The molecule has 0 heterocycles. The summed E-state index contributed by atoms with van der Waals surface area (Å²) in [5.41, 5.74) is 7.30. The van der Waals surface area contributed by atoms with Crippen molar-refractivity contribution in [2.24, 2.45) is 0 Å². The monoisotopic (exact) mass is 264 g/mol. The summed E-state index contributed by atoms with van der Waals surface area (Å²) in [6.07, 6.45) is 1.51. The fourth-order valence-corrected chi connectivity index (χ4v) is 1.68. The standard InChI is InChI=1S/C16H12N2O2/c17-10-13(9-11-1-5-14(18)6-2-11)16(20)12-3-7-15(19)8-4-12/h1-9,19H,18H2. The first-order chi connectivity index (χ1) is 9.60. The number of nitrogen functional groups attached to an aromatic ring is 1. The van der Waals surface area contributed by atoms with E-state index >= 15 is 0 Å². The molecule has 20 heavy (non-hydrogen) atoms. The Kier molecular flexibility index (Phi) is 3.82. The van der Waals surface area contributed by atoms with Gasteiger partial charge in [0.2, 0.25) is 5.78 Å². The minimum atomic E-state index is -0.385. The van der Waals surface area contributed by atoms with Crippen molar-refractivity contribution in [3.63, 3.8) is 0 Å². The number of nitrogens with two attached hydrogens (primary N) is 1. The van der Waals surface area contributed by atoms with Gasteiger partial charge in [-0.05, 0) is 48.0 Å². The molecule has 0 radical (unpaired) electrons. The van der Waals surface area contributed by atoms with Crippen LogP contribution in [-0.4, -0.2) is 10.9 Å². The van der Waals surface area contributed by atoms with Crippen LogP contribution in [0.4, 0.5) is 5.69 Å². The zero-order valence-electron chi connectivity index (χ0n) is 10.6. The summed E-state index contributed by atoms with van der Waals surface area (Å²) in [6, 6.07) is 14.5. The molecule has 0 aliphatic rings. The highest BCUT2D eigenvalue weighted by molar-refractivity contribution is 6.14. The van der Waals surface area contributed by atoms with E-state index in [1.165, 1.54) is 30.3 Å². The number of phenols is 1. The Hall–Kier alpha value is -3.06. The van der Waals surface area contributed by atoms with Gasteiger partial charge in [-0.2, -0.15) is 5.26 Å². The summed E-state index contributed by atoms with van der Waals surface area (Å²) in [7, 11) is 0. The number of rotatable bonds is 3. The lowest BCUT2D eigenvalue weighted by Gasteiger charge is -2.01. The van der Waals surface area contributed by atoms with Gasteiger partial charge in [-0.3, -0.25) is 4.79 Å². The van der Waals surface area contributed by atoms with Gasteiger partial charge in [0.25, 0.3) is 0 Å². The van der Waals surface area contributed by atoms with Crippen molar-refractivity contribution in [3.05, 3.63) is 65.2 Å². The summed E-state index contributed by atoms with van der Waals surface area (Å²) in [6.45, 7) is 0. The molecule has 0 amide bonds. The zero-order chi connectivity index (χ0) is 14.5. The summed E-state index contributed by atoms with van der Waals surface area (Å²) < 4.78 is 0. The van der Waals surface area contributed by atoms with Crippen LogP contribution >= 0.6 is 0 Å². The smallest absolute Gasteiger partial charge is 0.203 e. The Morgan fingerprint density at radius 1 is 1.10 bits per heavy atom. The summed E-state index contributed by atoms with van der Waals surface area (Å²) in [5, 5.41) is 18.3. The molecule has 0 fully saturated rings. The SMILES string of the molecule is N#CC(=Cc1ccc(N)cc1)C(=O)c1ccc(O)cc1. The van der Waals surface area contributed by atoms with Crippen LogP contribution in [0.2, 0.25) is 0 Å². The Morgan fingerprint density at radius 2 is 1.70 bits per heavy atom. The quantitative estimate of drug-likeness (QED) is 0.386. The van der Waals surface area contributed by atoms with Crippen molar-refractivity contribution in [2.45, 2.75) is 0 Å². The topological polar surface area (TPSA) is 87.1 Å². The molecule has 4 nitrogen and oxygen atoms in total.